The van der Waals surface area contributed by atoms with Crippen molar-refractivity contribution in [2.75, 3.05) is 25.5 Å². The maximum atomic E-state index is 13.0. The van der Waals surface area contributed by atoms with Gasteiger partial charge in [-0.3, -0.25) is 19.8 Å². The van der Waals surface area contributed by atoms with Crippen molar-refractivity contribution in [1.82, 2.24) is 4.90 Å². The zero-order valence-electron chi connectivity index (χ0n) is 15.9. The van der Waals surface area contributed by atoms with E-state index in [0.29, 0.717) is 6.54 Å². The third-order valence-corrected chi connectivity index (χ3v) is 3.84. The fourth-order valence-corrected chi connectivity index (χ4v) is 2.69. The van der Waals surface area contributed by atoms with E-state index in [2.05, 4.69) is 5.32 Å². The summed E-state index contributed by atoms with van der Waals surface area (Å²) in [6, 6.07) is 5.92. The number of esters is 1. The lowest BCUT2D eigenvalue weighted by atomic mass is 10.1. The second-order valence-corrected chi connectivity index (χ2v) is 6.17. The molecular formula is C19H22FN3O5. The summed E-state index contributed by atoms with van der Waals surface area (Å²) < 4.78 is 23.2. The van der Waals surface area contributed by atoms with E-state index in [-0.39, 0.29) is 41.7 Å². The van der Waals surface area contributed by atoms with Gasteiger partial charge in [0.2, 0.25) is 11.8 Å². The number of nitrogens with one attached hydrogen (secondary N) is 1. The fraction of sp³-hybridized carbons (Fsp3) is 0.316. The first-order chi connectivity index (χ1) is 13.2. The summed E-state index contributed by atoms with van der Waals surface area (Å²) in [6.07, 6.45) is 0. The Labute approximate surface area is 161 Å². The molecule has 0 fully saturated rings. The van der Waals surface area contributed by atoms with Crippen LogP contribution in [0.2, 0.25) is 0 Å². The van der Waals surface area contributed by atoms with Gasteiger partial charge in [-0.2, -0.15) is 0 Å². The van der Waals surface area contributed by atoms with E-state index in [0.717, 1.165) is 5.56 Å². The van der Waals surface area contributed by atoms with E-state index in [9.17, 15) is 18.8 Å². The number of carbonyl (C=O) groups excluding carboxylic acids is 3. The Bertz CT molecular complexity index is 876. The maximum absolute atomic E-state index is 13.0. The normalized spacial score (nSPS) is 10.8. The number of hydrogen-bond donors (Lipinski definition) is 2. The highest BCUT2D eigenvalue weighted by Gasteiger charge is 2.29. The first kappa shape index (κ1) is 21.1. The van der Waals surface area contributed by atoms with Crippen molar-refractivity contribution < 1.29 is 27.9 Å². The van der Waals surface area contributed by atoms with Crippen LogP contribution in [0.5, 0.6) is 0 Å². The third-order valence-electron chi connectivity index (χ3n) is 3.84. The molecule has 0 aliphatic rings. The van der Waals surface area contributed by atoms with Crippen molar-refractivity contribution in [3.8, 4) is 0 Å². The number of halogens is 1. The van der Waals surface area contributed by atoms with E-state index in [1.165, 1.54) is 19.1 Å². The van der Waals surface area contributed by atoms with Crippen LogP contribution in [0.25, 0.3) is 0 Å². The molecule has 0 spiro atoms. The molecule has 2 aromatic rings. The number of likely N-dealkylation sites (N-methyl/N-ethyl adjacent to an activating group) is 1. The highest BCUT2D eigenvalue weighted by molar-refractivity contribution is 6.10. The number of rotatable bonds is 8. The molecule has 2 rings (SSSR count). The molecule has 0 saturated heterocycles. The van der Waals surface area contributed by atoms with Gasteiger partial charge in [0.1, 0.15) is 22.7 Å². The number of ether oxygens (including phenoxy) is 1. The minimum Gasteiger partial charge on any atom is -0.462 e. The number of primary amides is 1. The van der Waals surface area contributed by atoms with Gasteiger partial charge < -0.3 is 14.9 Å². The summed E-state index contributed by atoms with van der Waals surface area (Å²) in [5.41, 5.74) is 5.84. The number of benzene rings is 1. The minimum absolute atomic E-state index is 0.0376. The van der Waals surface area contributed by atoms with Gasteiger partial charge in [-0.05, 0) is 38.6 Å². The predicted octanol–water partition coefficient (Wildman–Crippen LogP) is 2.07. The molecule has 9 heteroatoms. The molecule has 3 N–H and O–H groups in total. The summed E-state index contributed by atoms with van der Waals surface area (Å²) in [4.78, 5) is 37.9. The second kappa shape index (κ2) is 9.14. The molecule has 0 bridgehead atoms. The maximum Gasteiger partial charge on any atom is 0.342 e. The van der Waals surface area contributed by atoms with Crippen LogP contribution in [0, 0.1) is 12.7 Å². The molecule has 0 saturated carbocycles. The lowest BCUT2D eigenvalue weighted by Crippen LogP contribution is -2.30. The number of carbonyl (C=O) groups is 3. The van der Waals surface area contributed by atoms with Gasteiger partial charge in [-0.25, -0.2) is 9.18 Å². The molecule has 1 aromatic carbocycles. The Morgan fingerprint density at radius 3 is 2.43 bits per heavy atom. The van der Waals surface area contributed by atoms with Crippen LogP contribution in [-0.4, -0.2) is 42.9 Å². The minimum atomic E-state index is -0.921. The number of aryl methyl sites for hydroxylation is 1. The van der Waals surface area contributed by atoms with Gasteiger partial charge in [-0.15, -0.1) is 0 Å². The zero-order valence-corrected chi connectivity index (χ0v) is 15.9. The van der Waals surface area contributed by atoms with E-state index < -0.39 is 17.8 Å². The van der Waals surface area contributed by atoms with E-state index in [1.807, 2.05) is 0 Å². The van der Waals surface area contributed by atoms with E-state index >= 15 is 0 Å². The number of furan rings is 1. The molecule has 0 aliphatic carbocycles. The van der Waals surface area contributed by atoms with Gasteiger partial charge in [0, 0.05) is 6.54 Å². The third kappa shape index (κ3) is 5.17. The van der Waals surface area contributed by atoms with Crippen LogP contribution in [0.3, 0.4) is 0 Å². The summed E-state index contributed by atoms with van der Waals surface area (Å²) in [5, 5.41) is 2.46. The average Bonchev–Trinajstić information content (AvgIpc) is 2.93. The Hall–Kier alpha value is -3.20. The topological polar surface area (TPSA) is 115 Å². The number of anilines is 1. The van der Waals surface area contributed by atoms with Crippen molar-refractivity contribution in [2.24, 2.45) is 5.73 Å². The van der Waals surface area contributed by atoms with Gasteiger partial charge in [0.15, 0.2) is 0 Å². The highest BCUT2D eigenvalue weighted by atomic mass is 19.1. The lowest BCUT2D eigenvalue weighted by molar-refractivity contribution is -0.117. The standard InChI is InChI=1S/C19H22FN3O5/c1-4-27-19(26)15-11(2)28-18(16(15)17(21)25)22-14(24)10-23(3)9-12-5-7-13(20)8-6-12/h5-8H,4,9-10H2,1-3H3,(H2,21,25)(H,22,24). The Morgan fingerprint density at radius 2 is 1.86 bits per heavy atom. The van der Waals surface area contributed by atoms with Gasteiger partial charge in [0.25, 0.3) is 5.91 Å². The Kier molecular flexibility index (Phi) is 6.89. The summed E-state index contributed by atoms with van der Waals surface area (Å²) >= 11 is 0. The number of amides is 2. The molecule has 0 aliphatic heterocycles. The van der Waals surface area contributed by atoms with Crippen molar-refractivity contribution in [2.45, 2.75) is 20.4 Å². The van der Waals surface area contributed by atoms with Crippen LogP contribution < -0.4 is 11.1 Å². The summed E-state index contributed by atoms with van der Waals surface area (Å²) in [7, 11) is 1.70. The van der Waals surface area contributed by atoms with Gasteiger partial charge in [-0.1, -0.05) is 12.1 Å². The Morgan fingerprint density at radius 1 is 1.21 bits per heavy atom. The quantitative estimate of drug-likeness (QED) is 0.666. The van der Waals surface area contributed by atoms with E-state index in [1.54, 1.807) is 31.0 Å². The monoisotopic (exact) mass is 391 g/mol. The van der Waals surface area contributed by atoms with E-state index in [4.69, 9.17) is 14.9 Å². The first-order valence-corrected chi connectivity index (χ1v) is 8.56. The molecule has 0 unspecified atom stereocenters. The molecule has 28 heavy (non-hydrogen) atoms. The van der Waals surface area contributed by atoms with Gasteiger partial charge >= 0.3 is 5.97 Å². The lowest BCUT2D eigenvalue weighted by Gasteiger charge is -2.16. The Balaban J connectivity index is 2.10. The summed E-state index contributed by atoms with van der Waals surface area (Å²) in [5.74, 6) is -2.58. The number of hydrogen-bond acceptors (Lipinski definition) is 6. The SMILES string of the molecule is CCOC(=O)c1c(C)oc(NC(=O)CN(C)Cc2ccc(F)cc2)c1C(N)=O. The number of nitrogens with zero attached hydrogens (tertiary/aromatic N) is 1. The van der Waals surface area contributed by atoms with Crippen molar-refractivity contribution in [3.05, 3.63) is 52.5 Å². The zero-order chi connectivity index (χ0) is 20.8. The molecule has 8 nitrogen and oxygen atoms in total. The molecule has 0 radical (unpaired) electrons. The van der Waals surface area contributed by atoms with Crippen molar-refractivity contribution >= 4 is 23.7 Å². The van der Waals surface area contributed by atoms with Crippen LogP contribution in [0.15, 0.2) is 28.7 Å². The van der Waals surface area contributed by atoms with Gasteiger partial charge in [0.05, 0.1) is 13.2 Å². The van der Waals surface area contributed by atoms with Crippen LogP contribution in [0.1, 0.15) is 39.0 Å². The molecule has 1 aromatic heterocycles. The predicted molar refractivity (Wildman–Crippen MR) is 99.3 cm³/mol. The molecular weight excluding hydrogens is 369 g/mol. The van der Waals surface area contributed by atoms with Crippen molar-refractivity contribution in [3.63, 3.8) is 0 Å². The molecule has 0 atom stereocenters. The van der Waals surface area contributed by atoms with Crippen molar-refractivity contribution in [1.29, 1.82) is 0 Å². The summed E-state index contributed by atoms with van der Waals surface area (Å²) in [6.45, 7) is 3.56. The van der Waals surface area contributed by atoms with Crippen LogP contribution in [-0.2, 0) is 16.1 Å². The molecule has 1 heterocycles. The highest BCUT2D eigenvalue weighted by Crippen LogP contribution is 2.27. The fourth-order valence-electron chi connectivity index (χ4n) is 2.69. The smallest absolute Gasteiger partial charge is 0.342 e. The number of nitrogens with two attached hydrogens (primary N) is 1. The molecule has 2 amide bonds. The first-order valence-electron chi connectivity index (χ1n) is 8.56. The molecule has 150 valence electrons. The largest absolute Gasteiger partial charge is 0.462 e. The van der Waals surface area contributed by atoms with Crippen LogP contribution >= 0.6 is 0 Å². The van der Waals surface area contributed by atoms with Crippen LogP contribution in [0.4, 0.5) is 10.3 Å². The second-order valence-electron chi connectivity index (χ2n) is 6.17. The average molecular weight is 391 g/mol.